The Kier molecular flexibility index (Phi) is 3.81. The molecule has 1 aromatic carbocycles. The van der Waals surface area contributed by atoms with Crippen molar-refractivity contribution < 1.29 is 9.53 Å². The van der Waals surface area contributed by atoms with Crippen LogP contribution < -0.4 is 0 Å². The van der Waals surface area contributed by atoms with Crippen LogP contribution in [0.15, 0.2) is 28.7 Å². The molecular weight excluding hydrogens is 326 g/mol. The predicted octanol–water partition coefficient (Wildman–Crippen LogP) is 4.01. The molecule has 0 aliphatic heterocycles. The van der Waals surface area contributed by atoms with Crippen LogP contribution in [0.2, 0.25) is 5.02 Å². The Bertz CT molecular complexity index is 553. The molecule has 0 fully saturated rings. The number of methoxy groups -OCH3 is 1. The SMILES string of the molecule is COC(=O)c1snc(-c2ccc(Cl)cc2)c1Br. The average molecular weight is 333 g/mol. The molecule has 0 saturated carbocycles. The van der Waals surface area contributed by atoms with Crippen molar-refractivity contribution in [1.82, 2.24) is 4.37 Å². The van der Waals surface area contributed by atoms with E-state index in [1.165, 1.54) is 7.11 Å². The van der Waals surface area contributed by atoms with Crippen LogP contribution in [0, 0.1) is 0 Å². The standard InChI is InChI=1S/C11H7BrClNO2S/c1-16-11(15)10-8(12)9(14-17-10)6-2-4-7(13)5-3-6/h2-5H,1H3. The lowest BCUT2D eigenvalue weighted by Crippen LogP contribution is -1.98. The number of hydrogen-bond acceptors (Lipinski definition) is 4. The first-order valence-electron chi connectivity index (χ1n) is 4.63. The molecule has 17 heavy (non-hydrogen) atoms. The number of rotatable bonds is 2. The molecule has 0 aliphatic rings. The maximum atomic E-state index is 11.4. The Labute approximate surface area is 116 Å². The Morgan fingerprint density at radius 2 is 2.06 bits per heavy atom. The second-order valence-corrected chi connectivity index (χ2v) is 5.18. The summed E-state index contributed by atoms with van der Waals surface area (Å²) in [5.74, 6) is -0.394. The van der Waals surface area contributed by atoms with Gasteiger partial charge in [0.2, 0.25) is 0 Å². The normalized spacial score (nSPS) is 10.3. The molecular formula is C11H7BrClNO2S. The number of benzene rings is 1. The van der Waals surface area contributed by atoms with Crippen molar-refractivity contribution >= 4 is 45.0 Å². The van der Waals surface area contributed by atoms with Crippen molar-refractivity contribution in [2.24, 2.45) is 0 Å². The summed E-state index contributed by atoms with van der Waals surface area (Å²) in [5.41, 5.74) is 1.61. The zero-order chi connectivity index (χ0) is 12.4. The maximum absolute atomic E-state index is 11.4. The van der Waals surface area contributed by atoms with Crippen LogP contribution in [-0.4, -0.2) is 17.5 Å². The summed E-state index contributed by atoms with van der Waals surface area (Å²) in [6.45, 7) is 0. The van der Waals surface area contributed by atoms with Crippen LogP contribution >= 0.6 is 39.1 Å². The lowest BCUT2D eigenvalue weighted by molar-refractivity contribution is 0.0605. The molecule has 3 nitrogen and oxygen atoms in total. The largest absolute Gasteiger partial charge is 0.465 e. The van der Waals surface area contributed by atoms with E-state index in [2.05, 4.69) is 25.0 Å². The molecule has 88 valence electrons. The van der Waals surface area contributed by atoms with Gasteiger partial charge < -0.3 is 4.74 Å². The summed E-state index contributed by atoms with van der Waals surface area (Å²) in [5, 5.41) is 0.660. The molecule has 1 heterocycles. The van der Waals surface area contributed by atoms with Crippen molar-refractivity contribution in [3.8, 4) is 11.3 Å². The summed E-state index contributed by atoms with van der Waals surface area (Å²) in [7, 11) is 1.34. The third-order valence-corrected chi connectivity index (χ3v) is 4.24. The Morgan fingerprint density at radius 1 is 1.41 bits per heavy atom. The van der Waals surface area contributed by atoms with Crippen molar-refractivity contribution in [3.05, 3.63) is 38.6 Å². The third kappa shape index (κ3) is 2.51. The molecule has 0 spiro atoms. The second-order valence-electron chi connectivity index (χ2n) is 3.17. The summed E-state index contributed by atoms with van der Waals surface area (Å²) >= 11 is 10.3. The zero-order valence-electron chi connectivity index (χ0n) is 8.74. The molecule has 0 saturated heterocycles. The van der Waals surface area contributed by atoms with Gasteiger partial charge in [0.1, 0.15) is 4.88 Å². The van der Waals surface area contributed by atoms with Gasteiger partial charge in [-0.05, 0) is 39.6 Å². The molecule has 0 aliphatic carbocycles. The van der Waals surface area contributed by atoms with E-state index in [0.717, 1.165) is 17.1 Å². The highest BCUT2D eigenvalue weighted by Gasteiger charge is 2.19. The van der Waals surface area contributed by atoms with Crippen molar-refractivity contribution in [3.63, 3.8) is 0 Å². The van der Waals surface area contributed by atoms with Gasteiger partial charge in [-0.1, -0.05) is 23.7 Å². The lowest BCUT2D eigenvalue weighted by atomic mass is 10.1. The van der Waals surface area contributed by atoms with Crippen LogP contribution in [0.4, 0.5) is 0 Å². The summed E-state index contributed by atoms with van der Waals surface area (Å²) in [4.78, 5) is 11.9. The van der Waals surface area contributed by atoms with Gasteiger partial charge in [0, 0.05) is 10.6 Å². The number of nitrogens with zero attached hydrogens (tertiary/aromatic N) is 1. The van der Waals surface area contributed by atoms with Crippen LogP contribution in [-0.2, 0) is 4.74 Å². The van der Waals surface area contributed by atoms with Gasteiger partial charge in [-0.15, -0.1) is 0 Å². The van der Waals surface area contributed by atoms with E-state index in [4.69, 9.17) is 11.6 Å². The van der Waals surface area contributed by atoms with Gasteiger partial charge in [0.15, 0.2) is 0 Å². The highest BCUT2D eigenvalue weighted by Crippen LogP contribution is 2.33. The molecule has 2 rings (SSSR count). The third-order valence-electron chi connectivity index (χ3n) is 2.12. The molecule has 1 aromatic heterocycles. The first-order valence-corrected chi connectivity index (χ1v) is 6.57. The molecule has 2 aromatic rings. The highest BCUT2D eigenvalue weighted by molar-refractivity contribution is 9.10. The number of hydrogen-bond donors (Lipinski definition) is 0. The van der Waals surface area contributed by atoms with E-state index in [9.17, 15) is 4.79 Å². The van der Waals surface area contributed by atoms with E-state index in [1.807, 2.05) is 12.1 Å². The highest BCUT2D eigenvalue weighted by atomic mass is 79.9. The second kappa shape index (κ2) is 5.16. The van der Waals surface area contributed by atoms with E-state index in [1.54, 1.807) is 12.1 Å². The van der Waals surface area contributed by atoms with Crippen LogP contribution in [0.25, 0.3) is 11.3 Å². The van der Waals surface area contributed by atoms with Crippen molar-refractivity contribution in [2.75, 3.05) is 7.11 Å². The monoisotopic (exact) mass is 331 g/mol. The predicted molar refractivity (Wildman–Crippen MR) is 71.6 cm³/mol. The molecule has 0 amide bonds. The van der Waals surface area contributed by atoms with Gasteiger partial charge in [-0.25, -0.2) is 4.79 Å². The topological polar surface area (TPSA) is 39.2 Å². The quantitative estimate of drug-likeness (QED) is 0.780. The fourth-order valence-corrected chi connectivity index (χ4v) is 2.94. The Balaban J connectivity index is 2.44. The van der Waals surface area contributed by atoms with Crippen molar-refractivity contribution in [1.29, 1.82) is 0 Å². The molecule has 0 atom stereocenters. The van der Waals surface area contributed by atoms with Gasteiger partial charge in [-0.2, -0.15) is 4.37 Å². The summed E-state index contributed by atoms with van der Waals surface area (Å²) < 4.78 is 9.55. The van der Waals surface area contributed by atoms with Crippen LogP contribution in [0.3, 0.4) is 0 Å². The first kappa shape index (κ1) is 12.5. The number of aromatic nitrogens is 1. The molecule has 0 unspecified atom stereocenters. The Hall–Kier alpha value is -0.910. The summed E-state index contributed by atoms with van der Waals surface area (Å²) in [6, 6.07) is 7.26. The van der Waals surface area contributed by atoms with Gasteiger partial charge >= 0.3 is 5.97 Å². The van der Waals surface area contributed by atoms with Crippen LogP contribution in [0.5, 0.6) is 0 Å². The van der Waals surface area contributed by atoms with E-state index >= 15 is 0 Å². The van der Waals surface area contributed by atoms with Crippen molar-refractivity contribution in [2.45, 2.75) is 0 Å². The molecule has 6 heteroatoms. The van der Waals surface area contributed by atoms with E-state index < -0.39 is 5.97 Å². The molecule has 0 radical (unpaired) electrons. The smallest absolute Gasteiger partial charge is 0.350 e. The Morgan fingerprint density at radius 3 is 2.65 bits per heavy atom. The van der Waals surface area contributed by atoms with E-state index in [-0.39, 0.29) is 0 Å². The number of ether oxygens (including phenoxy) is 1. The van der Waals surface area contributed by atoms with Gasteiger partial charge in [0.05, 0.1) is 17.3 Å². The summed E-state index contributed by atoms with van der Waals surface area (Å²) in [6.07, 6.45) is 0. The number of esters is 1. The number of carbonyl (C=O) groups is 1. The minimum Gasteiger partial charge on any atom is -0.465 e. The number of carbonyl (C=O) groups excluding carboxylic acids is 1. The zero-order valence-corrected chi connectivity index (χ0v) is 11.9. The first-order chi connectivity index (χ1) is 8.13. The van der Waals surface area contributed by atoms with Crippen LogP contribution in [0.1, 0.15) is 9.67 Å². The number of halogens is 2. The minimum atomic E-state index is -0.394. The fourth-order valence-electron chi connectivity index (χ4n) is 1.29. The van der Waals surface area contributed by atoms with Gasteiger partial charge in [-0.3, -0.25) is 0 Å². The molecule has 0 bridgehead atoms. The molecule has 0 N–H and O–H groups in total. The minimum absolute atomic E-state index is 0.394. The maximum Gasteiger partial charge on any atom is 0.350 e. The fraction of sp³-hybridized carbons (Fsp3) is 0.0909. The average Bonchev–Trinajstić information content (AvgIpc) is 2.71. The van der Waals surface area contributed by atoms with E-state index in [0.29, 0.717) is 20.1 Å². The van der Waals surface area contributed by atoms with Gasteiger partial charge in [0.25, 0.3) is 0 Å². The lowest BCUT2D eigenvalue weighted by Gasteiger charge is -1.99.